The smallest absolute Gasteiger partial charge is 0.410 e. The number of nitrogens with zero attached hydrogens (tertiary/aromatic N) is 2. The van der Waals surface area contributed by atoms with E-state index in [0.29, 0.717) is 5.75 Å². The van der Waals surface area contributed by atoms with Gasteiger partial charge in [-0.3, -0.25) is 29.4 Å². The SMILES string of the molecule is CC(C)(C)NC(=O)[C@H]1CN(C(=O)Oc2ccccc2)CCN1C[C@@H](O)CNC(=O)[C@@H]1N[C@@H]([C@H](NC(=O)Cc2ccccc2)C(=O)NCc2ccccc2)SC1(C)C. The lowest BCUT2D eigenvalue weighted by molar-refractivity contribution is -0.131. The minimum atomic E-state index is -1.05. The van der Waals surface area contributed by atoms with Crippen LogP contribution >= 0.6 is 11.8 Å². The molecule has 2 fully saturated rings. The summed E-state index contributed by atoms with van der Waals surface area (Å²) >= 11 is 1.38. The van der Waals surface area contributed by atoms with E-state index < -0.39 is 51.9 Å². The molecule has 0 radical (unpaired) electrons. The second-order valence-electron chi connectivity index (χ2n) is 15.9. The summed E-state index contributed by atoms with van der Waals surface area (Å²) in [6, 6.07) is 24.8. The first kappa shape index (κ1) is 43.2. The molecule has 2 aliphatic rings. The Bertz CT molecular complexity index is 1830. The minimum Gasteiger partial charge on any atom is -0.410 e. The van der Waals surface area contributed by atoms with E-state index in [4.69, 9.17) is 4.74 Å². The molecule has 3 aromatic carbocycles. The van der Waals surface area contributed by atoms with Gasteiger partial charge in [-0.1, -0.05) is 78.9 Å². The molecular weight excluding hydrogens is 747 g/mol. The first-order chi connectivity index (χ1) is 27.1. The Balaban J connectivity index is 1.20. The molecule has 0 saturated carbocycles. The van der Waals surface area contributed by atoms with Gasteiger partial charge in [0.25, 0.3) is 0 Å². The molecule has 6 N–H and O–H groups in total. The van der Waals surface area contributed by atoms with Crippen LogP contribution in [0.4, 0.5) is 4.79 Å². The fourth-order valence-corrected chi connectivity index (χ4v) is 8.24. The summed E-state index contributed by atoms with van der Waals surface area (Å²) in [5.41, 5.74) is 1.16. The van der Waals surface area contributed by atoms with Crippen molar-refractivity contribution in [3.8, 4) is 5.75 Å². The minimum absolute atomic E-state index is 0.0490. The maximum absolute atomic E-state index is 13.7. The molecule has 0 bridgehead atoms. The zero-order chi connectivity index (χ0) is 41.2. The first-order valence-electron chi connectivity index (χ1n) is 19.2. The van der Waals surface area contributed by atoms with Crippen LogP contribution in [-0.2, 0) is 32.1 Å². The topological polar surface area (TPSA) is 181 Å². The van der Waals surface area contributed by atoms with Crippen LogP contribution in [-0.4, -0.2) is 117 Å². The third-order valence-corrected chi connectivity index (χ3v) is 11.1. The number of aliphatic hydroxyl groups excluding tert-OH is 1. The van der Waals surface area contributed by atoms with Gasteiger partial charge in [0.1, 0.15) is 23.9 Å². The molecule has 57 heavy (non-hydrogen) atoms. The number of β-amino-alcohol motifs (C(OH)–C–C–N with tert-alkyl or cyclic N) is 1. The average Bonchev–Trinajstić information content (AvgIpc) is 3.50. The van der Waals surface area contributed by atoms with Crippen molar-refractivity contribution in [2.45, 2.75) is 87.5 Å². The largest absolute Gasteiger partial charge is 0.415 e. The van der Waals surface area contributed by atoms with Crippen molar-refractivity contribution in [1.82, 2.24) is 36.4 Å². The maximum Gasteiger partial charge on any atom is 0.415 e. The molecule has 0 aromatic heterocycles. The van der Waals surface area contributed by atoms with E-state index in [1.54, 1.807) is 24.3 Å². The van der Waals surface area contributed by atoms with Gasteiger partial charge >= 0.3 is 6.09 Å². The number of benzene rings is 3. The molecule has 0 unspecified atom stereocenters. The molecule has 0 spiro atoms. The lowest BCUT2D eigenvalue weighted by Gasteiger charge is -2.41. The number of carbonyl (C=O) groups excluding carboxylic acids is 5. The summed E-state index contributed by atoms with van der Waals surface area (Å²) < 4.78 is 4.82. The standard InChI is InChI=1S/C42H55N7O7S/c1-41(2,3)47-36(52)32-27-49(40(55)56-31-19-13-8-14-20-31)22-21-48(32)26-30(50)25-44-38(54)35-42(4,5)57-39(46-35)34(37(53)43-24-29-17-11-7-12-18-29)45-33(51)23-28-15-9-6-10-16-28/h6-20,30,32,34-35,39,46,50H,21-27H2,1-5H3,(H,43,53)(H,44,54)(H,45,51)(H,47,52)/t30-,32+,34+,35-,39+/m0/s1. The van der Waals surface area contributed by atoms with Crippen LogP contribution in [0.2, 0.25) is 0 Å². The number of amides is 5. The number of thioether (sulfide) groups is 1. The maximum atomic E-state index is 13.7. The van der Waals surface area contributed by atoms with Gasteiger partial charge in [0.15, 0.2) is 0 Å². The number of hydrogen-bond acceptors (Lipinski definition) is 10. The van der Waals surface area contributed by atoms with E-state index in [0.717, 1.165) is 11.1 Å². The Morgan fingerprint density at radius 1 is 0.877 bits per heavy atom. The second-order valence-corrected chi connectivity index (χ2v) is 17.7. The Morgan fingerprint density at radius 2 is 1.49 bits per heavy atom. The molecule has 2 heterocycles. The molecule has 0 aliphatic carbocycles. The van der Waals surface area contributed by atoms with Gasteiger partial charge in [0.05, 0.1) is 17.9 Å². The number of rotatable bonds is 14. The fourth-order valence-electron chi connectivity index (χ4n) is 6.75. The highest BCUT2D eigenvalue weighted by Crippen LogP contribution is 2.39. The monoisotopic (exact) mass is 801 g/mol. The highest BCUT2D eigenvalue weighted by atomic mass is 32.2. The van der Waals surface area contributed by atoms with Crippen LogP contribution in [0, 0.1) is 0 Å². The zero-order valence-electron chi connectivity index (χ0n) is 33.2. The normalized spacial score (nSPS) is 20.5. The average molecular weight is 802 g/mol. The van der Waals surface area contributed by atoms with Crippen LogP contribution < -0.4 is 31.3 Å². The van der Waals surface area contributed by atoms with Crippen LogP contribution in [0.5, 0.6) is 5.75 Å². The lowest BCUT2D eigenvalue weighted by Crippen LogP contribution is -2.63. The third kappa shape index (κ3) is 12.8. The van der Waals surface area contributed by atoms with Crippen LogP contribution in [0.3, 0.4) is 0 Å². The number of hydrogen-bond donors (Lipinski definition) is 6. The van der Waals surface area contributed by atoms with E-state index in [2.05, 4.69) is 26.6 Å². The Kier molecular flexibility index (Phi) is 14.7. The van der Waals surface area contributed by atoms with E-state index >= 15 is 0 Å². The van der Waals surface area contributed by atoms with Gasteiger partial charge in [0, 0.05) is 49.6 Å². The van der Waals surface area contributed by atoms with Crippen molar-refractivity contribution in [3.63, 3.8) is 0 Å². The molecule has 306 valence electrons. The first-order valence-corrected chi connectivity index (χ1v) is 20.1. The molecule has 3 aromatic rings. The quantitative estimate of drug-likeness (QED) is 0.142. The van der Waals surface area contributed by atoms with Gasteiger partial charge in [-0.05, 0) is 57.9 Å². The van der Waals surface area contributed by atoms with E-state index in [1.807, 2.05) is 106 Å². The number of piperazine rings is 1. The Labute approximate surface area is 338 Å². The van der Waals surface area contributed by atoms with Crippen molar-refractivity contribution >= 4 is 41.5 Å². The molecule has 5 amide bonds. The number of carbonyl (C=O) groups is 5. The number of nitrogens with one attached hydrogen (secondary N) is 5. The van der Waals surface area contributed by atoms with Crippen molar-refractivity contribution in [2.24, 2.45) is 0 Å². The van der Waals surface area contributed by atoms with Gasteiger partial charge in [-0.15, -0.1) is 11.8 Å². The van der Waals surface area contributed by atoms with Crippen molar-refractivity contribution in [3.05, 3.63) is 102 Å². The highest BCUT2D eigenvalue weighted by molar-refractivity contribution is 8.01. The molecule has 5 rings (SSSR count). The number of aliphatic hydroxyl groups is 1. The number of ether oxygens (including phenoxy) is 1. The summed E-state index contributed by atoms with van der Waals surface area (Å²) in [6.45, 7) is 10.2. The summed E-state index contributed by atoms with van der Waals surface area (Å²) in [5, 5.41) is 25.5. The lowest BCUT2D eigenvalue weighted by atomic mass is 10.0. The second kappa shape index (κ2) is 19.5. The van der Waals surface area contributed by atoms with E-state index in [-0.39, 0.29) is 63.4 Å². The van der Waals surface area contributed by atoms with Crippen LogP contribution in [0.1, 0.15) is 45.7 Å². The Morgan fingerprint density at radius 3 is 2.12 bits per heavy atom. The van der Waals surface area contributed by atoms with Crippen molar-refractivity contribution < 1.29 is 33.8 Å². The predicted molar refractivity (Wildman–Crippen MR) is 219 cm³/mol. The third-order valence-electron chi connectivity index (χ3n) is 9.59. The van der Waals surface area contributed by atoms with Gasteiger partial charge in [-0.25, -0.2) is 4.79 Å². The Hall–Kier alpha value is -4.96. The molecule has 5 atom stereocenters. The van der Waals surface area contributed by atoms with Crippen molar-refractivity contribution in [1.29, 1.82) is 0 Å². The molecule has 15 heteroatoms. The molecule has 14 nitrogen and oxygen atoms in total. The van der Waals surface area contributed by atoms with Gasteiger partial charge in [-0.2, -0.15) is 0 Å². The van der Waals surface area contributed by atoms with Gasteiger partial charge < -0.3 is 36.0 Å². The summed E-state index contributed by atoms with van der Waals surface area (Å²) in [4.78, 5) is 70.5. The summed E-state index contributed by atoms with van der Waals surface area (Å²) in [6.07, 6.45) is -1.54. The van der Waals surface area contributed by atoms with Crippen LogP contribution in [0.15, 0.2) is 91.0 Å². The predicted octanol–water partition coefficient (Wildman–Crippen LogP) is 2.42. The number of para-hydroxylation sites is 1. The molecule has 2 saturated heterocycles. The van der Waals surface area contributed by atoms with Crippen LogP contribution in [0.25, 0.3) is 0 Å². The summed E-state index contributed by atoms with van der Waals surface area (Å²) in [7, 11) is 0. The van der Waals surface area contributed by atoms with Gasteiger partial charge in [0.2, 0.25) is 23.6 Å². The van der Waals surface area contributed by atoms with E-state index in [9.17, 15) is 29.1 Å². The molecule has 2 aliphatic heterocycles. The van der Waals surface area contributed by atoms with Crippen molar-refractivity contribution in [2.75, 3.05) is 32.7 Å². The fraction of sp³-hybridized carbons (Fsp3) is 0.452. The highest BCUT2D eigenvalue weighted by Gasteiger charge is 2.49. The zero-order valence-corrected chi connectivity index (χ0v) is 34.0. The van der Waals surface area contributed by atoms with E-state index in [1.165, 1.54) is 16.7 Å². The molecular formula is C42H55N7O7S. The summed E-state index contributed by atoms with van der Waals surface area (Å²) in [5.74, 6) is -1.01.